The van der Waals surface area contributed by atoms with Crippen molar-refractivity contribution >= 4 is 18.0 Å². The number of hydrogen-bond donors (Lipinski definition) is 3. The van der Waals surface area contributed by atoms with Crippen LogP contribution in [0.25, 0.3) is 6.08 Å². The molecule has 0 amide bonds. The van der Waals surface area contributed by atoms with Crippen molar-refractivity contribution in [2.75, 3.05) is 7.11 Å². The average molecular weight is 649 g/mol. The van der Waals surface area contributed by atoms with Gasteiger partial charge in [-0.25, -0.2) is 4.79 Å². The number of methoxy groups -OCH3 is 1. The third-order valence-corrected chi connectivity index (χ3v) is 15.2. The molecule has 0 saturated heterocycles. The van der Waals surface area contributed by atoms with Crippen LogP contribution in [0.1, 0.15) is 105 Å². The number of carbonyl (C=O) groups is 2. The van der Waals surface area contributed by atoms with Crippen LogP contribution in [0.5, 0.6) is 11.5 Å². The molecule has 3 unspecified atom stereocenters. The van der Waals surface area contributed by atoms with E-state index in [2.05, 4.69) is 54.5 Å². The van der Waals surface area contributed by atoms with Crippen LogP contribution in [-0.4, -0.2) is 46.6 Å². The van der Waals surface area contributed by atoms with Crippen molar-refractivity contribution in [3.63, 3.8) is 0 Å². The summed E-state index contributed by atoms with van der Waals surface area (Å²) in [7, 11) is 1.48. The third-order valence-electron chi connectivity index (χ3n) is 15.2. The first kappa shape index (κ1) is 34.1. The second-order valence-electron chi connectivity index (χ2n) is 17.3. The number of benzene rings is 1. The first-order valence-corrected chi connectivity index (χ1v) is 17.8. The summed E-state index contributed by atoms with van der Waals surface area (Å²) in [6, 6.07) is 4.86. The van der Waals surface area contributed by atoms with E-state index in [1.165, 1.54) is 24.8 Å². The number of hydrogen-bond acceptors (Lipinski definition) is 6. The highest BCUT2D eigenvalue weighted by Crippen LogP contribution is 2.75. The molecule has 0 aliphatic heterocycles. The van der Waals surface area contributed by atoms with E-state index < -0.39 is 35.0 Å². The number of ether oxygens (including phenoxy) is 2. The lowest BCUT2D eigenvalue weighted by Gasteiger charge is -2.71. The number of allylic oxidation sites excluding steroid dienone is 2. The standard InChI is InChI=1S/C40H56O7/c1-23-15-18-40(35(44)45)20-19-38(6)26(33(40)24(23)2)11-13-31-37(5)22-28(42)34(36(3,4)30(37)16-17-39(31,38)7)47-32(43)14-10-25-9-12-27(41)29(21-25)46-8/h9-12,14,21,23-24,28,30-31,33-34,41-42H,13,15-20,22H2,1-8H3,(H,44,45)/t23-,24+,28?,30?,31-,33+,34?,37+,38-,39-,40+/m1/s1. The molecular weight excluding hydrogens is 592 g/mol. The van der Waals surface area contributed by atoms with E-state index in [4.69, 9.17) is 9.47 Å². The van der Waals surface area contributed by atoms with Crippen LogP contribution >= 0.6 is 0 Å². The van der Waals surface area contributed by atoms with Crippen molar-refractivity contribution in [2.45, 2.75) is 112 Å². The van der Waals surface area contributed by atoms with Crippen molar-refractivity contribution in [1.29, 1.82) is 0 Å². The minimum atomic E-state index is -0.803. The number of carboxylic acids is 1. The number of aliphatic hydroxyl groups excluding tert-OH is 1. The molecule has 1 aromatic rings. The van der Waals surface area contributed by atoms with Crippen LogP contribution in [0.3, 0.4) is 0 Å². The largest absolute Gasteiger partial charge is 0.504 e. The Kier molecular flexibility index (Phi) is 8.26. The number of aliphatic carboxylic acids is 1. The summed E-state index contributed by atoms with van der Waals surface area (Å²) in [5.74, 6) is 0.705. The van der Waals surface area contributed by atoms with E-state index in [1.807, 2.05) is 0 Å². The van der Waals surface area contributed by atoms with Gasteiger partial charge in [0.25, 0.3) is 0 Å². The van der Waals surface area contributed by atoms with Gasteiger partial charge in [-0.15, -0.1) is 0 Å². The normalized spacial score (nSPS) is 43.9. The fraction of sp³-hybridized carbons (Fsp3) is 0.700. The molecule has 0 radical (unpaired) electrons. The monoisotopic (exact) mass is 648 g/mol. The number of rotatable bonds is 5. The number of esters is 1. The van der Waals surface area contributed by atoms with E-state index in [1.54, 1.807) is 18.2 Å². The molecule has 7 heteroatoms. The maximum absolute atomic E-state index is 13.1. The van der Waals surface area contributed by atoms with Gasteiger partial charge in [-0.3, -0.25) is 4.79 Å². The van der Waals surface area contributed by atoms with Crippen molar-refractivity contribution in [3.8, 4) is 11.5 Å². The predicted molar refractivity (Wildman–Crippen MR) is 182 cm³/mol. The summed E-state index contributed by atoms with van der Waals surface area (Å²) >= 11 is 0. The molecule has 6 rings (SSSR count). The summed E-state index contributed by atoms with van der Waals surface area (Å²) in [5.41, 5.74) is 0.686. The van der Waals surface area contributed by atoms with Gasteiger partial charge in [0.05, 0.1) is 18.6 Å². The molecule has 258 valence electrons. The van der Waals surface area contributed by atoms with Gasteiger partial charge >= 0.3 is 11.9 Å². The lowest BCUT2D eigenvalue weighted by Crippen LogP contribution is -2.67. The van der Waals surface area contributed by atoms with Gasteiger partial charge in [-0.2, -0.15) is 0 Å². The van der Waals surface area contributed by atoms with E-state index >= 15 is 0 Å². The molecule has 7 nitrogen and oxygen atoms in total. The Hall–Kier alpha value is -2.80. The van der Waals surface area contributed by atoms with Gasteiger partial charge in [0, 0.05) is 11.5 Å². The van der Waals surface area contributed by atoms with Crippen molar-refractivity contribution in [2.24, 2.45) is 56.7 Å². The second-order valence-corrected chi connectivity index (χ2v) is 17.3. The zero-order valence-electron chi connectivity index (χ0n) is 29.6. The molecular formula is C40H56O7. The lowest BCUT2D eigenvalue weighted by molar-refractivity contribution is -0.238. The van der Waals surface area contributed by atoms with Crippen LogP contribution in [0.4, 0.5) is 0 Å². The number of aromatic hydroxyl groups is 1. The molecule has 11 atom stereocenters. The van der Waals surface area contributed by atoms with Gasteiger partial charge in [-0.1, -0.05) is 66.2 Å². The van der Waals surface area contributed by atoms with E-state index in [0.717, 1.165) is 44.9 Å². The molecule has 3 N–H and O–H groups in total. The predicted octanol–water partition coefficient (Wildman–Crippen LogP) is 8.04. The lowest BCUT2D eigenvalue weighted by atomic mass is 9.33. The molecule has 5 aliphatic rings. The Morgan fingerprint density at radius 2 is 1.70 bits per heavy atom. The van der Waals surface area contributed by atoms with E-state index in [0.29, 0.717) is 35.5 Å². The second kappa shape index (κ2) is 11.4. The molecule has 0 heterocycles. The quantitative estimate of drug-likeness (QED) is 0.168. The maximum atomic E-state index is 13.1. The average Bonchev–Trinajstić information content (AvgIpc) is 3.00. The van der Waals surface area contributed by atoms with Crippen LogP contribution in [-0.2, 0) is 14.3 Å². The van der Waals surface area contributed by atoms with Crippen molar-refractivity contribution in [1.82, 2.24) is 0 Å². The van der Waals surface area contributed by atoms with Crippen LogP contribution < -0.4 is 4.74 Å². The number of phenolic OH excluding ortho intramolecular Hbond substituents is 1. The first-order chi connectivity index (χ1) is 22.0. The number of carboxylic acid groups (broad SMARTS) is 1. The van der Waals surface area contributed by atoms with Gasteiger partial charge in [0.15, 0.2) is 11.5 Å². The Morgan fingerprint density at radius 1 is 0.979 bits per heavy atom. The minimum absolute atomic E-state index is 0.0272. The van der Waals surface area contributed by atoms with Crippen LogP contribution in [0.15, 0.2) is 35.9 Å². The van der Waals surface area contributed by atoms with Gasteiger partial charge in [-0.05, 0) is 121 Å². The Balaban J connectivity index is 1.28. The molecule has 4 saturated carbocycles. The van der Waals surface area contributed by atoms with E-state index in [-0.39, 0.29) is 33.8 Å². The number of fused-ring (bicyclic) bond motifs is 7. The summed E-state index contributed by atoms with van der Waals surface area (Å²) in [5, 5.41) is 32.4. The van der Waals surface area contributed by atoms with Crippen molar-refractivity contribution in [3.05, 3.63) is 41.5 Å². The third kappa shape index (κ3) is 4.83. The summed E-state index contributed by atoms with van der Waals surface area (Å²) in [6.07, 6.45) is 10.9. The number of phenols is 1. The molecule has 0 spiro atoms. The van der Waals surface area contributed by atoms with Gasteiger partial charge in [0.2, 0.25) is 0 Å². The maximum Gasteiger partial charge on any atom is 0.331 e. The zero-order valence-corrected chi connectivity index (χ0v) is 29.6. The molecule has 1 aromatic carbocycles. The highest BCUT2D eigenvalue weighted by Gasteiger charge is 2.70. The summed E-state index contributed by atoms with van der Waals surface area (Å²) in [4.78, 5) is 26.1. The topological polar surface area (TPSA) is 113 Å². The summed E-state index contributed by atoms with van der Waals surface area (Å²) < 4.78 is 11.3. The summed E-state index contributed by atoms with van der Waals surface area (Å²) in [6.45, 7) is 16.2. The highest BCUT2D eigenvalue weighted by atomic mass is 16.6. The molecule has 4 fully saturated rings. The molecule has 0 bridgehead atoms. The van der Waals surface area contributed by atoms with Crippen LogP contribution in [0.2, 0.25) is 0 Å². The Labute approximate surface area is 280 Å². The van der Waals surface area contributed by atoms with Crippen molar-refractivity contribution < 1.29 is 34.4 Å². The Morgan fingerprint density at radius 3 is 2.38 bits per heavy atom. The highest BCUT2D eigenvalue weighted by molar-refractivity contribution is 5.87. The first-order valence-electron chi connectivity index (χ1n) is 17.8. The van der Waals surface area contributed by atoms with Gasteiger partial charge in [0.1, 0.15) is 6.10 Å². The molecule has 5 aliphatic carbocycles. The van der Waals surface area contributed by atoms with Gasteiger partial charge < -0.3 is 24.8 Å². The fourth-order valence-corrected chi connectivity index (χ4v) is 12.3. The fourth-order valence-electron chi connectivity index (χ4n) is 12.3. The molecule has 0 aromatic heterocycles. The number of carbonyl (C=O) groups excluding carboxylic acids is 1. The van der Waals surface area contributed by atoms with E-state index in [9.17, 15) is 24.9 Å². The zero-order chi connectivity index (χ0) is 34.3. The number of aliphatic hydroxyl groups is 1. The smallest absolute Gasteiger partial charge is 0.331 e. The van der Waals surface area contributed by atoms with Crippen LogP contribution in [0, 0.1) is 56.7 Å². The Bertz CT molecular complexity index is 1490. The molecule has 47 heavy (non-hydrogen) atoms. The minimum Gasteiger partial charge on any atom is -0.504 e. The SMILES string of the molecule is COc1cc(C=CC(=O)OC2C(O)C[C@@]3(C)C(CC[C@]4(C)[C@@H]3CC=C3[C@@H]5[C@@H](C)[C@H](C)CC[C@]5(C(=O)O)CC[C@]34C)C2(C)C)ccc1O.